The standard InChI is InChI=1S/C32H40FN3O5S/c1-29-14-19-16-35-36(22-8-6-21(33)7-9-22)25(19)13-20(29)5-10-24-23-11-12-32(28(39)42-18-34,41-27(38)17-40-4)30(23,2)15-26(37)31(24,29)3/h6-9,13,16,23-24,26,37H,5,10-12,14-15,17-18,34H2,1-4H3/t23?,24-,26-,29-,30-,31+,32-/m0/s1. The fraction of sp³-hybridized carbons (Fsp3) is 0.594. The van der Waals surface area contributed by atoms with E-state index in [4.69, 9.17) is 15.2 Å². The van der Waals surface area contributed by atoms with Crippen LogP contribution in [-0.4, -0.2) is 57.3 Å². The van der Waals surface area contributed by atoms with Crippen molar-refractivity contribution in [2.24, 2.45) is 33.8 Å². The minimum absolute atomic E-state index is 0.0743. The minimum Gasteiger partial charge on any atom is -0.448 e. The Balaban J connectivity index is 1.38. The van der Waals surface area contributed by atoms with E-state index in [1.165, 1.54) is 24.8 Å². The van der Waals surface area contributed by atoms with Crippen LogP contribution in [0.25, 0.3) is 11.8 Å². The molecule has 1 heterocycles. The summed E-state index contributed by atoms with van der Waals surface area (Å²) in [4.78, 5) is 26.5. The second kappa shape index (κ2) is 10.3. The highest BCUT2D eigenvalue weighted by Gasteiger charge is 2.73. The van der Waals surface area contributed by atoms with E-state index >= 15 is 0 Å². The van der Waals surface area contributed by atoms with E-state index in [0.29, 0.717) is 12.8 Å². The lowest BCUT2D eigenvalue weighted by Gasteiger charge is -2.66. The molecule has 7 atom stereocenters. The van der Waals surface area contributed by atoms with Crippen molar-refractivity contribution in [3.63, 3.8) is 0 Å². The number of carbonyl (C=O) groups is 2. The van der Waals surface area contributed by atoms with Crippen molar-refractivity contribution < 1.29 is 28.6 Å². The molecule has 0 radical (unpaired) electrons. The van der Waals surface area contributed by atoms with Crippen LogP contribution in [0.5, 0.6) is 0 Å². The van der Waals surface area contributed by atoms with Gasteiger partial charge in [0.05, 0.1) is 23.7 Å². The van der Waals surface area contributed by atoms with E-state index in [9.17, 15) is 19.1 Å². The summed E-state index contributed by atoms with van der Waals surface area (Å²) in [6.45, 7) is 6.28. The first-order valence-corrected chi connectivity index (χ1v) is 15.7. The third-order valence-electron chi connectivity index (χ3n) is 11.6. The molecule has 8 nitrogen and oxygen atoms in total. The molecule has 1 unspecified atom stereocenters. The number of benzene rings is 1. The molecule has 4 aliphatic carbocycles. The van der Waals surface area contributed by atoms with Gasteiger partial charge in [0, 0.05) is 29.2 Å². The number of rotatable bonds is 6. The molecule has 4 aliphatic rings. The summed E-state index contributed by atoms with van der Waals surface area (Å²) in [5, 5.41) is 16.7. The fourth-order valence-electron chi connectivity index (χ4n) is 9.34. The summed E-state index contributed by atoms with van der Waals surface area (Å²) < 4.78 is 26.6. The molecule has 1 aromatic carbocycles. The molecule has 42 heavy (non-hydrogen) atoms. The first-order chi connectivity index (χ1) is 19.9. The van der Waals surface area contributed by atoms with Crippen molar-refractivity contribution in [1.29, 1.82) is 0 Å². The predicted molar refractivity (Wildman–Crippen MR) is 158 cm³/mol. The van der Waals surface area contributed by atoms with E-state index in [-0.39, 0.29) is 40.7 Å². The third-order valence-corrected chi connectivity index (χ3v) is 12.4. The monoisotopic (exact) mass is 597 g/mol. The number of carbonyl (C=O) groups excluding carboxylic acids is 2. The molecule has 0 bridgehead atoms. The van der Waals surface area contributed by atoms with Crippen LogP contribution in [0, 0.1) is 33.9 Å². The number of fused-ring (bicyclic) bond motifs is 6. The van der Waals surface area contributed by atoms with Crippen LogP contribution in [0.3, 0.4) is 0 Å². The Morgan fingerprint density at radius 3 is 2.62 bits per heavy atom. The van der Waals surface area contributed by atoms with Gasteiger partial charge >= 0.3 is 5.97 Å². The Kier molecular flexibility index (Phi) is 7.23. The Labute approximate surface area is 250 Å². The quantitative estimate of drug-likeness (QED) is 0.365. The zero-order valence-electron chi connectivity index (χ0n) is 24.7. The topological polar surface area (TPSA) is 117 Å². The van der Waals surface area contributed by atoms with Crippen molar-refractivity contribution in [2.45, 2.75) is 71.0 Å². The second-order valence-corrected chi connectivity index (χ2v) is 14.2. The van der Waals surface area contributed by atoms with Gasteiger partial charge in [-0.2, -0.15) is 5.10 Å². The van der Waals surface area contributed by atoms with E-state index in [1.807, 2.05) is 17.8 Å². The molecule has 2 aromatic rings. The SMILES string of the molecule is COCC(=O)O[C@]1(C(=O)SCN)CCC2[C@@H]3CCC4=Cc5c(cnn5-c5ccc(F)cc5)C[C@]4(C)[C@@]3(C)[C@@H](O)C[C@@]21C. The number of halogens is 1. The average molecular weight is 598 g/mol. The summed E-state index contributed by atoms with van der Waals surface area (Å²) >= 11 is 0.982. The lowest BCUT2D eigenvalue weighted by Crippen LogP contribution is -2.67. The van der Waals surface area contributed by atoms with Gasteiger partial charge < -0.3 is 20.3 Å². The van der Waals surface area contributed by atoms with Crippen molar-refractivity contribution in [3.05, 3.63) is 53.1 Å². The molecule has 0 saturated heterocycles. The fourth-order valence-corrected chi connectivity index (χ4v) is 10.1. The number of allylic oxidation sites excluding steroid dienone is 1. The Bertz CT molecular complexity index is 1440. The summed E-state index contributed by atoms with van der Waals surface area (Å²) in [5.41, 5.74) is 7.03. The minimum atomic E-state index is -1.37. The first-order valence-electron chi connectivity index (χ1n) is 14.7. The highest BCUT2D eigenvalue weighted by Crippen LogP contribution is 2.73. The highest BCUT2D eigenvalue weighted by atomic mass is 32.2. The Morgan fingerprint density at radius 1 is 1.19 bits per heavy atom. The molecule has 0 amide bonds. The molecule has 6 rings (SSSR count). The van der Waals surface area contributed by atoms with Crippen molar-refractivity contribution in [1.82, 2.24) is 9.78 Å². The molecular weight excluding hydrogens is 557 g/mol. The van der Waals surface area contributed by atoms with Crippen LogP contribution in [0.1, 0.15) is 64.1 Å². The van der Waals surface area contributed by atoms with Gasteiger partial charge in [-0.3, -0.25) is 4.79 Å². The molecule has 226 valence electrons. The van der Waals surface area contributed by atoms with Gasteiger partial charge in [0.2, 0.25) is 5.12 Å². The highest BCUT2D eigenvalue weighted by molar-refractivity contribution is 8.13. The zero-order chi connectivity index (χ0) is 30.1. The van der Waals surface area contributed by atoms with Gasteiger partial charge in [-0.05, 0) is 86.3 Å². The van der Waals surface area contributed by atoms with Crippen LogP contribution in [0.2, 0.25) is 0 Å². The number of aliphatic hydroxyl groups is 1. The molecule has 0 aliphatic heterocycles. The van der Waals surface area contributed by atoms with Crippen molar-refractivity contribution in [3.8, 4) is 5.69 Å². The number of esters is 1. The maximum atomic E-state index is 13.7. The number of hydrogen-bond acceptors (Lipinski definition) is 8. The van der Waals surface area contributed by atoms with Gasteiger partial charge in [0.1, 0.15) is 12.4 Å². The number of nitrogens with two attached hydrogens (primary N) is 1. The Hall–Kier alpha value is -2.53. The number of aromatic nitrogens is 2. The van der Waals surface area contributed by atoms with Gasteiger partial charge in [-0.15, -0.1) is 0 Å². The molecule has 3 fully saturated rings. The number of thioether (sulfide) groups is 1. The number of aliphatic hydroxyl groups excluding tert-OH is 1. The van der Waals surface area contributed by atoms with Gasteiger partial charge in [0.15, 0.2) is 5.60 Å². The molecule has 10 heteroatoms. The normalized spacial score (nSPS) is 36.7. The van der Waals surface area contributed by atoms with Crippen molar-refractivity contribution >= 4 is 28.9 Å². The van der Waals surface area contributed by atoms with Gasteiger partial charge in [-0.1, -0.05) is 38.1 Å². The maximum Gasteiger partial charge on any atom is 0.333 e. The van der Waals surface area contributed by atoms with Crippen LogP contribution in [0.15, 0.2) is 36.0 Å². The van der Waals surface area contributed by atoms with Crippen LogP contribution in [0.4, 0.5) is 4.39 Å². The lowest BCUT2D eigenvalue weighted by molar-refractivity contribution is -0.220. The molecule has 3 N–H and O–H groups in total. The summed E-state index contributed by atoms with van der Waals surface area (Å²) in [6, 6.07) is 6.34. The predicted octanol–water partition coefficient (Wildman–Crippen LogP) is 4.66. The van der Waals surface area contributed by atoms with E-state index in [2.05, 4.69) is 25.0 Å². The van der Waals surface area contributed by atoms with E-state index in [1.54, 1.807) is 12.1 Å². The molecule has 3 saturated carbocycles. The molecule has 0 spiro atoms. The number of methoxy groups -OCH3 is 1. The van der Waals surface area contributed by atoms with Crippen LogP contribution < -0.4 is 5.73 Å². The Morgan fingerprint density at radius 2 is 1.93 bits per heavy atom. The molecular formula is C32H40FN3O5S. The van der Waals surface area contributed by atoms with Gasteiger partial charge in [0.25, 0.3) is 0 Å². The largest absolute Gasteiger partial charge is 0.448 e. The molecule has 1 aromatic heterocycles. The average Bonchev–Trinajstić information content (AvgIpc) is 3.47. The maximum absolute atomic E-state index is 13.7. The number of ether oxygens (including phenoxy) is 2. The lowest BCUT2D eigenvalue weighted by atomic mass is 9.39. The van der Waals surface area contributed by atoms with Crippen LogP contribution >= 0.6 is 11.8 Å². The second-order valence-electron chi connectivity index (χ2n) is 13.2. The van der Waals surface area contributed by atoms with E-state index in [0.717, 1.165) is 54.4 Å². The third kappa shape index (κ3) is 3.94. The summed E-state index contributed by atoms with van der Waals surface area (Å²) in [7, 11) is 1.42. The van der Waals surface area contributed by atoms with E-state index < -0.39 is 28.5 Å². The van der Waals surface area contributed by atoms with Gasteiger partial charge in [-0.25, -0.2) is 13.9 Å². The summed E-state index contributed by atoms with van der Waals surface area (Å²) in [6.07, 6.45) is 7.28. The number of nitrogens with zero attached hydrogens (tertiary/aromatic N) is 2. The number of hydrogen-bond donors (Lipinski definition) is 2. The zero-order valence-corrected chi connectivity index (χ0v) is 25.5. The van der Waals surface area contributed by atoms with Crippen LogP contribution in [-0.2, 0) is 25.5 Å². The smallest absolute Gasteiger partial charge is 0.333 e. The van der Waals surface area contributed by atoms with Crippen molar-refractivity contribution in [2.75, 3.05) is 19.6 Å². The first kappa shape index (κ1) is 29.5. The summed E-state index contributed by atoms with van der Waals surface area (Å²) in [5.74, 6) is -0.589.